The first-order valence-electron chi connectivity index (χ1n) is 6.87. The number of ether oxygens (including phenoxy) is 1. The number of nitrogens with one attached hydrogen (secondary N) is 1. The van der Waals surface area contributed by atoms with E-state index in [1.807, 2.05) is 24.3 Å². The summed E-state index contributed by atoms with van der Waals surface area (Å²) < 4.78 is 7.46. The molecule has 1 aliphatic carbocycles. The number of carbonyl (C=O) groups is 1. The first-order valence-corrected chi connectivity index (χ1v) is 6.87. The van der Waals surface area contributed by atoms with Crippen molar-refractivity contribution in [3.63, 3.8) is 0 Å². The average Bonchev–Trinajstić information content (AvgIpc) is 3.17. The molecule has 2 aromatic rings. The quantitative estimate of drug-likeness (QED) is 0.923. The highest BCUT2D eigenvalue weighted by Crippen LogP contribution is 2.36. The molecular formula is C15H15N3O2. The Morgan fingerprint density at radius 2 is 2.25 bits per heavy atom. The molecule has 1 aliphatic heterocycles. The first kappa shape index (κ1) is 11.5. The number of aromatic nitrogens is 2. The van der Waals surface area contributed by atoms with Crippen molar-refractivity contribution >= 4 is 5.91 Å². The highest BCUT2D eigenvalue weighted by atomic mass is 16.5. The molecule has 5 heteroatoms. The van der Waals surface area contributed by atoms with Crippen LogP contribution in [0.1, 0.15) is 18.4 Å². The molecule has 1 saturated carbocycles. The minimum atomic E-state index is 0.0300. The van der Waals surface area contributed by atoms with Crippen LogP contribution in [0.3, 0.4) is 0 Å². The molecule has 5 nitrogen and oxygen atoms in total. The highest BCUT2D eigenvalue weighted by Gasteiger charge is 2.26. The molecule has 0 spiro atoms. The summed E-state index contributed by atoms with van der Waals surface area (Å²) in [6.07, 6.45) is 3.98. The summed E-state index contributed by atoms with van der Waals surface area (Å²) in [7, 11) is 0. The summed E-state index contributed by atoms with van der Waals surface area (Å²) in [5, 5.41) is 7.33. The molecule has 1 aromatic carbocycles. The van der Waals surface area contributed by atoms with Crippen LogP contribution < -0.4 is 10.1 Å². The zero-order valence-electron chi connectivity index (χ0n) is 11.0. The van der Waals surface area contributed by atoms with E-state index in [2.05, 4.69) is 10.4 Å². The Hall–Kier alpha value is -2.30. The summed E-state index contributed by atoms with van der Waals surface area (Å²) in [4.78, 5) is 12.0. The van der Waals surface area contributed by atoms with E-state index in [-0.39, 0.29) is 12.5 Å². The highest BCUT2D eigenvalue weighted by molar-refractivity contribution is 5.78. The second-order valence-corrected chi connectivity index (χ2v) is 5.30. The third kappa shape index (κ3) is 1.95. The van der Waals surface area contributed by atoms with Gasteiger partial charge in [0.15, 0.2) is 0 Å². The van der Waals surface area contributed by atoms with Crippen LogP contribution in [0.4, 0.5) is 0 Å². The largest absolute Gasteiger partial charge is 0.488 e. The molecule has 0 radical (unpaired) electrons. The normalized spacial score (nSPS) is 16.0. The topological polar surface area (TPSA) is 56.2 Å². The molecule has 2 aliphatic rings. The monoisotopic (exact) mass is 269 g/mol. The number of amides is 1. The fourth-order valence-corrected chi connectivity index (χ4v) is 2.54. The lowest BCUT2D eigenvalue weighted by Gasteiger charge is -2.19. The van der Waals surface area contributed by atoms with Gasteiger partial charge in [-0.25, -0.2) is 0 Å². The molecule has 1 fully saturated rings. The van der Waals surface area contributed by atoms with Crippen LogP contribution in [0.5, 0.6) is 5.75 Å². The number of benzene rings is 1. The van der Waals surface area contributed by atoms with E-state index in [9.17, 15) is 4.79 Å². The maximum absolute atomic E-state index is 12.0. The smallest absolute Gasteiger partial charge is 0.241 e. The van der Waals surface area contributed by atoms with E-state index in [4.69, 9.17) is 4.74 Å². The molecule has 1 amide bonds. The van der Waals surface area contributed by atoms with Gasteiger partial charge in [0.1, 0.15) is 18.9 Å². The molecule has 4 rings (SSSR count). The van der Waals surface area contributed by atoms with Gasteiger partial charge in [-0.1, -0.05) is 12.1 Å². The molecule has 102 valence electrons. The predicted molar refractivity (Wildman–Crippen MR) is 73.2 cm³/mol. The van der Waals surface area contributed by atoms with Crippen molar-refractivity contribution in [2.75, 3.05) is 0 Å². The van der Waals surface area contributed by atoms with E-state index in [0.29, 0.717) is 12.6 Å². The van der Waals surface area contributed by atoms with Crippen molar-refractivity contribution in [3.8, 4) is 17.0 Å². The van der Waals surface area contributed by atoms with Crippen molar-refractivity contribution in [1.82, 2.24) is 15.1 Å². The fourth-order valence-electron chi connectivity index (χ4n) is 2.54. The minimum absolute atomic E-state index is 0.0300. The molecule has 1 aromatic heterocycles. The predicted octanol–water partition coefficient (Wildman–Crippen LogP) is 1.72. The van der Waals surface area contributed by atoms with Gasteiger partial charge in [0.2, 0.25) is 5.91 Å². The zero-order valence-corrected chi connectivity index (χ0v) is 11.0. The third-order valence-electron chi connectivity index (χ3n) is 3.68. The molecule has 0 saturated heterocycles. The molecule has 1 N–H and O–H groups in total. The molecule has 2 heterocycles. The van der Waals surface area contributed by atoms with Crippen LogP contribution in [-0.2, 0) is 17.9 Å². The van der Waals surface area contributed by atoms with Gasteiger partial charge in [0.05, 0.1) is 11.9 Å². The van der Waals surface area contributed by atoms with E-state index >= 15 is 0 Å². The van der Waals surface area contributed by atoms with E-state index in [1.165, 1.54) is 0 Å². The van der Waals surface area contributed by atoms with Gasteiger partial charge < -0.3 is 10.1 Å². The van der Waals surface area contributed by atoms with Crippen molar-refractivity contribution in [1.29, 1.82) is 0 Å². The van der Waals surface area contributed by atoms with Crippen LogP contribution in [0.2, 0.25) is 0 Å². The first-order chi connectivity index (χ1) is 9.81. The van der Waals surface area contributed by atoms with Gasteiger partial charge >= 0.3 is 0 Å². The Morgan fingerprint density at radius 1 is 1.40 bits per heavy atom. The number of nitrogens with zero attached hydrogens (tertiary/aromatic N) is 2. The Balaban J connectivity index is 1.66. The van der Waals surface area contributed by atoms with Gasteiger partial charge in [-0.05, 0) is 25.0 Å². The van der Waals surface area contributed by atoms with E-state index < -0.39 is 0 Å². The van der Waals surface area contributed by atoms with E-state index in [1.54, 1.807) is 10.9 Å². The third-order valence-corrected chi connectivity index (χ3v) is 3.68. The van der Waals surface area contributed by atoms with Gasteiger partial charge in [-0.15, -0.1) is 0 Å². The van der Waals surface area contributed by atoms with Gasteiger partial charge in [0.25, 0.3) is 0 Å². The summed E-state index contributed by atoms with van der Waals surface area (Å²) >= 11 is 0. The SMILES string of the molecule is O=C(Cn1ncc2c1-c1ccccc1OC2)NC1CC1. The van der Waals surface area contributed by atoms with Crippen LogP contribution in [0.25, 0.3) is 11.3 Å². The number of hydrogen-bond donors (Lipinski definition) is 1. The number of fused-ring (bicyclic) bond motifs is 3. The Labute approximate surface area is 116 Å². The Bertz CT molecular complexity index is 674. The lowest BCUT2D eigenvalue weighted by molar-refractivity contribution is -0.121. The van der Waals surface area contributed by atoms with Crippen molar-refractivity contribution in [2.24, 2.45) is 0 Å². The summed E-state index contributed by atoms with van der Waals surface area (Å²) in [5.74, 6) is 0.881. The van der Waals surface area contributed by atoms with Gasteiger partial charge in [-0.3, -0.25) is 9.48 Å². The van der Waals surface area contributed by atoms with Crippen molar-refractivity contribution in [2.45, 2.75) is 32.0 Å². The number of rotatable bonds is 3. The van der Waals surface area contributed by atoms with Gasteiger partial charge in [0, 0.05) is 17.2 Å². The molecular weight excluding hydrogens is 254 g/mol. The number of carbonyl (C=O) groups excluding carboxylic acids is 1. The number of hydrogen-bond acceptors (Lipinski definition) is 3. The van der Waals surface area contributed by atoms with Crippen LogP contribution >= 0.6 is 0 Å². The van der Waals surface area contributed by atoms with Gasteiger partial charge in [-0.2, -0.15) is 5.10 Å². The maximum atomic E-state index is 12.0. The van der Waals surface area contributed by atoms with E-state index in [0.717, 1.165) is 35.4 Å². The zero-order chi connectivity index (χ0) is 13.5. The standard InChI is InChI=1S/C15H15N3O2/c19-14(17-11-5-6-11)8-18-15-10(7-16-18)9-20-13-4-2-1-3-12(13)15/h1-4,7,11H,5-6,8-9H2,(H,17,19). The number of para-hydroxylation sites is 1. The second kappa shape index (κ2) is 4.37. The Kier molecular flexibility index (Phi) is 2.52. The molecule has 20 heavy (non-hydrogen) atoms. The second-order valence-electron chi connectivity index (χ2n) is 5.30. The van der Waals surface area contributed by atoms with Crippen molar-refractivity contribution < 1.29 is 9.53 Å². The minimum Gasteiger partial charge on any atom is -0.488 e. The average molecular weight is 269 g/mol. The fraction of sp³-hybridized carbons (Fsp3) is 0.333. The van der Waals surface area contributed by atoms with Crippen LogP contribution in [0, 0.1) is 0 Å². The Morgan fingerprint density at radius 3 is 3.10 bits per heavy atom. The maximum Gasteiger partial charge on any atom is 0.241 e. The molecule has 0 unspecified atom stereocenters. The summed E-state index contributed by atoms with van der Waals surface area (Å²) in [6.45, 7) is 0.775. The van der Waals surface area contributed by atoms with Crippen LogP contribution in [-0.4, -0.2) is 21.7 Å². The van der Waals surface area contributed by atoms with Crippen molar-refractivity contribution in [3.05, 3.63) is 36.0 Å². The van der Waals surface area contributed by atoms with Crippen LogP contribution in [0.15, 0.2) is 30.5 Å². The summed E-state index contributed by atoms with van der Waals surface area (Å²) in [6, 6.07) is 8.25. The summed E-state index contributed by atoms with van der Waals surface area (Å²) in [5.41, 5.74) is 3.03. The lowest BCUT2D eigenvalue weighted by Crippen LogP contribution is -2.30. The lowest BCUT2D eigenvalue weighted by atomic mass is 10.0. The molecule has 0 bridgehead atoms. The molecule has 0 atom stereocenters.